The molecular formula is C10H12N2S. The number of rotatable bonds is 3. The summed E-state index contributed by atoms with van der Waals surface area (Å²) >= 11 is 1.66. The van der Waals surface area contributed by atoms with E-state index >= 15 is 0 Å². The van der Waals surface area contributed by atoms with Gasteiger partial charge >= 0.3 is 0 Å². The summed E-state index contributed by atoms with van der Waals surface area (Å²) in [5.41, 5.74) is 6.91. The van der Waals surface area contributed by atoms with E-state index in [1.807, 2.05) is 30.5 Å². The van der Waals surface area contributed by atoms with Crippen molar-refractivity contribution in [2.24, 2.45) is 5.73 Å². The van der Waals surface area contributed by atoms with Gasteiger partial charge in [0.25, 0.3) is 0 Å². The van der Waals surface area contributed by atoms with Crippen LogP contribution in [0.5, 0.6) is 0 Å². The standard InChI is InChI=1S/C10H12N2S/c1-13-10-5-3-2-4-8(10)9(12)6-7-11/h2-5,9H,6,12H2,1H3. The molecule has 2 nitrogen and oxygen atoms in total. The molecule has 68 valence electrons. The highest BCUT2D eigenvalue weighted by Gasteiger charge is 2.08. The number of nitrogens with zero attached hydrogens (tertiary/aromatic N) is 1. The zero-order chi connectivity index (χ0) is 9.68. The van der Waals surface area contributed by atoms with E-state index in [0.29, 0.717) is 6.42 Å². The van der Waals surface area contributed by atoms with Crippen LogP contribution in [0, 0.1) is 11.3 Å². The van der Waals surface area contributed by atoms with Gasteiger partial charge in [0.05, 0.1) is 12.5 Å². The van der Waals surface area contributed by atoms with Gasteiger partial charge in [0.15, 0.2) is 0 Å². The first-order valence-electron chi connectivity index (χ1n) is 4.05. The molecule has 0 aromatic heterocycles. The summed E-state index contributed by atoms with van der Waals surface area (Å²) in [4.78, 5) is 1.16. The van der Waals surface area contributed by atoms with Crippen LogP contribution >= 0.6 is 11.8 Å². The minimum Gasteiger partial charge on any atom is -0.323 e. The third kappa shape index (κ3) is 2.48. The van der Waals surface area contributed by atoms with Crippen molar-refractivity contribution in [3.63, 3.8) is 0 Å². The highest BCUT2D eigenvalue weighted by molar-refractivity contribution is 7.98. The number of thioether (sulfide) groups is 1. The number of nitrogens with two attached hydrogens (primary N) is 1. The number of nitriles is 1. The lowest BCUT2D eigenvalue weighted by Crippen LogP contribution is -2.10. The first-order chi connectivity index (χ1) is 6.29. The lowest BCUT2D eigenvalue weighted by atomic mass is 10.1. The van der Waals surface area contributed by atoms with Crippen molar-refractivity contribution in [1.82, 2.24) is 0 Å². The van der Waals surface area contributed by atoms with E-state index in [0.717, 1.165) is 10.5 Å². The number of hydrogen-bond donors (Lipinski definition) is 1. The van der Waals surface area contributed by atoms with Gasteiger partial charge in [0.2, 0.25) is 0 Å². The molecule has 0 amide bonds. The second-order valence-electron chi connectivity index (χ2n) is 2.71. The number of hydrogen-bond acceptors (Lipinski definition) is 3. The molecule has 1 unspecified atom stereocenters. The van der Waals surface area contributed by atoms with Gasteiger partial charge in [-0.3, -0.25) is 0 Å². The van der Waals surface area contributed by atoms with Crippen LogP contribution in [0.15, 0.2) is 29.2 Å². The van der Waals surface area contributed by atoms with Crippen molar-refractivity contribution in [2.75, 3.05) is 6.26 Å². The van der Waals surface area contributed by atoms with Crippen molar-refractivity contribution < 1.29 is 0 Å². The molecule has 3 heteroatoms. The van der Waals surface area contributed by atoms with E-state index in [1.165, 1.54) is 0 Å². The monoisotopic (exact) mass is 192 g/mol. The van der Waals surface area contributed by atoms with Gasteiger partial charge in [-0.05, 0) is 17.9 Å². The third-order valence-electron chi connectivity index (χ3n) is 1.85. The Kier molecular flexibility index (Phi) is 3.81. The van der Waals surface area contributed by atoms with Crippen LogP contribution in [0.25, 0.3) is 0 Å². The fourth-order valence-corrected chi connectivity index (χ4v) is 1.85. The molecule has 0 bridgehead atoms. The lowest BCUT2D eigenvalue weighted by molar-refractivity contribution is 0.733. The van der Waals surface area contributed by atoms with Crippen LogP contribution < -0.4 is 5.73 Å². The van der Waals surface area contributed by atoms with Crippen molar-refractivity contribution in [3.8, 4) is 6.07 Å². The zero-order valence-corrected chi connectivity index (χ0v) is 8.34. The second-order valence-corrected chi connectivity index (χ2v) is 3.56. The fraction of sp³-hybridized carbons (Fsp3) is 0.300. The summed E-state index contributed by atoms with van der Waals surface area (Å²) in [5.74, 6) is 0. The first kappa shape index (κ1) is 10.1. The molecule has 0 spiro atoms. The Morgan fingerprint density at radius 1 is 1.54 bits per heavy atom. The van der Waals surface area contributed by atoms with Gasteiger partial charge in [0, 0.05) is 10.9 Å². The summed E-state index contributed by atoms with van der Waals surface area (Å²) in [7, 11) is 0. The predicted octanol–water partition coefficient (Wildman–Crippen LogP) is 2.32. The molecule has 13 heavy (non-hydrogen) atoms. The largest absolute Gasteiger partial charge is 0.323 e. The summed E-state index contributed by atoms with van der Waals surface area (Å²) in [6, 6.07) is 9.86. The van der Waals surface area contributed by atoms with Gasteiger partial charge < -0.3 is 5.73 Å². The molecule has 0 aliphatic carbocycles. The maximum Gasteiger partial charge on any atom is 0.0641 e. The van der Waals surface area contributed by atoms with E-state index in [9.17, 15) is 0 Å². The third-order valence-corrected chi connectivity index (χ3v) is 2.66. The average Bonchev–Trinajstić information content (AvgIpc) is 2.18. The molecule has 0 saturated carbocycles. The average molecular weight is 192 g/mol. The van der Waals surface area contributed by atoms with Gasteiger partial charge in [-0.2, -0.15) is 5.26 Å². The molecule has 1 aromatic rings. The van der Waals surface area contributed by atoms with Gasteiger partial charge in [-0.25, -0.2) is 0 Å². The molecule has 0 aliphatic heterocycles. The van der Waals surface area contributed by atoms with Crippen molar-refractivity contribution in [3.05, 3.63) is 29.8 Å². The van der Waals surface area contributed by atoms with Gasteiger partial charge in [0.1, 0.15) is 0 Å². The van der Waals surface area contributed by atoms with Crippen LogP contribution in [0.1, 0.15) is 18.0 Å². The molecule has 0 radical (unpaired) electrons. The summed E-state index contributed by atoms with van der Waals surface area (Å²) in [6.45, 7) is 0. The number of benzene rings is 1. The zero-order valence-electron chi connectivity index (χ0n) is 7.53. The van der Waals surface area contributed by atoms with Crippen LogP contribution in [0.2, 0.25) is 0 Å². The molecule has 0 heterocycles. The molecule has 0 saturated heterocycles. The van der Waals surface area contributed by atoms with E-state index in [-0.39, 0.29) is 6.04 Å². The Labute approximate surface area is 82.7 Å². The fourth-order valence-electron chi connectivity index (χ4n) is 1.18. The summed E-state index contributed by atoms with van der Waals surface area (Å²) in [5, 5.41) is 8.52. The second kappa shape index (κ2) is 4.90. The molecule has 1 atom stereocenters. The Morgan fingerprint density at radius 3 is 2.85 bits per heavy atom. The van der Waals surface area contributed by atoms with Crippen LogP contribution in [0.3, 0.4) is 0 Å². The van der Waals surface area contributed by atoms with Crippen molar-refractivity contribution in [2.45, 2.75) is 17.4 Å². The molecular weight excluding hydrogens is 180 g/mol. The topological polar surface area (TPSA) is 49.8 Å². The van der Waals surface area contributed by atoms with Gasteiger partial charge in [-0.1, -0.05) is 18.2 Å². The Bertz CT molecular complexity index is 317. The van der Waals surface area contributed by atoms with E-state index < -0.39 is 0 Å². The smallest absolute Gasteiger partial charge is 0.0641 e. The molecule has 0 aliphatic rings. The SMILES string of the molecule is CSc1ccccc1C(N)CC#N. The lowest BCUT2D eigenvalue weighted by Gasteiger charge is -2.11. The summed E-state index contributed by atoms with van der Waals surface area (Å²) < 4.78 is 0. The maximum atomic E-state index is 8.52. The van der Waals surface area contributed by atoms with Crippen LogP contribution in [-0.2, 0) is 0 Å². The summed E-state index contributed by atoms with van der Waals surface area (Å²) in [6.07, 6.45) is 2.38. The Morgan fingerprint density at radius 2 is 2.23 bits per heavy atom. The molecule has 2 N–H and O–H groups in total. The molecule has 1 aromatic carbocycles. The molecule has 0 fully saturated rings. The van der Waals surface area contributed by atoms with Crippen LogP contribution in [0.4, 0.5) is 0 Å². The maximum absolute atomic E-state index is 8.52. The normalized spacial score (nSPS) is 12.1. The Balaban J connectivity index is 2.93. The first-order valence-corrected chi connectivity index (χ1v) is 5.27. The van der Waals surface area contributed by atoms with Crippen molar-refractivity contribution >= 4 is 11.8 Å². The predicted molar refractivity (Wildman–Crippen MR) is 55.4 cm³/mol. The minimum atomic E-state index is -0.159. The van der Waals surface area contributed by atoms with Crippen LogP contribution in [-0.4, -0.2) is 6.26 Å². The highest BCUT2D eigenvalue weighted by Crippen LogP contribution is 2.25. The van der Waals surface area contributed by atoms with E-state index in [2.05, 4.69) is 6.07 Å². The van der Waals surface area contributed by atoms with E-state index in [4.69, 9.17) is 11.0 Å². The van der Waals surface area contributed by atoms with Crippen molar-refractivity contribution in [1.29, 1.82) is 5.26 Å². The highest BCUT2D eigenvalue weighted by atomic mass is 32.2. The quantitative estimate of drug-likeness (QED) is 0.748. The van der Waals surface area contributed by atoms with Gasteiger partial charge in [-0.15, -0.1) is 11.8 Å². The Hall–Kier alpha value is -0.980. The minimum absolute atomic E-state index is 0.159. The van der Waals surface area contributed by atoms with E-state index in [1.54, 1.807) is 11.8 Å². The molecule has 1 rings (SSSR count).